The normalized spacial score (nSPS) is 11.7. The number of thioether (sulfide) groups is 1. The minimum atomic E-state index is -3.51. The third-order valence-corrected chi connectivity index (χ3v) is 8.25. The zero-order chi connectivity index (χ0) is 22.7. The number of carbonyl (C=O) groups excluding carboxylic acids is 1. The van der Waals surface area contributed by atoms with Gasteiger partial charge in [-0.3, -0.25) is 4.79 Å². The van der Waals surface area contributed by atoms with Gasteiger partial charge in [0.2, 0.25) is 15.9 Å². The van der Waals surface area contributed by atoms with Gasteiger partial charge in [0, 0.05) is 25.2 Å². The number of benzene rings is 2. The van der Waals surface area contributed by atoms with Crippen molar-refractivity contribution in [2.45, 2.75) is 9.92 Å². The smallest absolute Gasteiger partial charge is 0.242 e. The van der Waals surface area contributed by atoms with Crippen LogP contribution in [0.15, 0.2) is 76.0 Å². The van der Waals surface area contributed by atoms with Crippen LogP contribution >= 0.6 is 23.1 Å². The van der Waals surface area contributed by atoms with Gasteiger partial charge < -0.3 is 5.32 Å². The van der Waals surface area contributed by atoms with Crippen molar-refractivity contribution in [1.82, 2.24) is 14.3 Å². The molecule has 0 fully saturated rings. The number of nitrogens with zero attached hydrogens (tertiary/aromatic N) is 3. The largest absolute Gasteiger partial charge is 0.325 e. The number of hydrogen-bond donors (Lipinski definition) is 1. The topological polar surface area (TPSA) is 92.3 Å². The Hall–Kier alpha value is -2.79. The van der Waals surface area contributed by atoms with Crippen LogP contribution in [0.2, 0.25) is 0 Å². The summed E-state index contributed by atoms with van der Waals surface area (Å²) in [5.41, 5.74) is 1.35. The van der Waals surface area contributed by atoms with E-state index in [1.54, 1.807) is 23.5 Å². The van der Waals surface area contributed by atoms with Crippen LogP contribution in [0.5, 0.6) is 0 Å². The molecule has 2 aromatic heterocycles. The number of nitrogens with one attached hydrogen (secondary N) is 1. The lowest BCUT2D eigenvalue weighted by molar-refractivity contribution is -0.113. The predicted octanol–water partition coefficient (Wildman–Crippen LogP) is 4.34. The molecule has 10 heteroatoms. The van der Waals surface area contributed by atoms with Gasteiger partial charge in [0.25, 0.3) is 0 Å². The van der Waals surface area contributed by atoms with Crippen LogP contribution in [0.25, 0.3) is 21.6 Å². The van der Waals surface area contributed by atoms with E-state index in [1.165, 1.54) is 38.0 Å². The van der Waals surface area contributed by atoms with Crippen molar-refractivity contribution in [3.8, 4) is 10.7 Å². The van der Waals surface area contributed by atoms with Crippen LogP contribution < -0.4 is 5.32 Å². The minimum Gasteiger partial charge on any atom is -0.325 e. The van der Waals surface area contributed by atoms with Crippen molar-refractivity contribution in [3.05, 3.63) is 66.0 Å². The Kier molecular flexibility index (Phi) is 6.56. The molecule has 0 radical (unpaired) electrons. The van der Waals surface area contributed by atoms with Gasteiger partial charge in [0.1, 0.15) is 5.03 Å². The monoisotopic (exact) mass is 484 g/mol. The molecule has 4 aromatic rings. The Morgan fingerprint density at radius 2 is 1.78 bits per heavy atom. The summed E-state index contributed by atoms with van der Waals surface area (Å²) in [5, 5.41) is 6.41. The molecular weight excluding hydrogens is 464 g/mol. The number of hydrogen-bond acceptors (Lipinski definition) is 7. The Labute approximate surface area is 194 Å². The molecule has 1 amide bonds. The van der Waals surface area contributed by atoms with E-state index in [0.29, 0.717) is 11.5 Å². The summed E-state index contributed by atoms with van der Waals surface area (Å²) in [6.45, 7) is 0. The average Bonchev–Trinajstić information content (AvgIpc) is 3.32. The summed E-state index contributed by atoms with van der Waals surface area (Å²) in [7, 11) is -0.559. The maximum atomic E-state index is 12.5. The molecule has 2 aromatic carbocycles. The Morgan fingerprint density at radius 1 is 1.03 bits per heavy atom. The number of aromatic nitrogens is 2. The lowest BCUT2D eigenvalue weighted by Crippen LogP contribution is -2.22. The number of anilines is 1. The lowest BCUT2D eigenvalue weighted by Gasteiger charge is -2.12. The molecular formula is C22H20N4O3S3. The third-order valence-electron chi connectivity index (χ3n) is 4.57. The number of thiophene rings is 1. The average molecular weight is 485 g/mol. The van der Waals surface area contributed by atoms with E-state index in [0.717, 1.165) is 25.1 Å². The fraction of sp³-hybridized carbons (Fsp3) is 0.136. The summed E-state index contributed by atoms with van der Waals surface area (Å²) >= 11 is 2.90. The summed E-state index contributed by atoms with van der Waals surface area (Å²) in [6.07, 6.45) is 0. The zero-order valence-electron chi connectivity index (χ0n) is 17.3. The highest BCUT2D eigenvalue weighted by molar-refractivity contribution is 8.00. The first-order valence-corrected chi connectivity index (χ1v) is 12.9. The van der Waals surface area contributed by atoms with Crippen molar-refractivity contribution < 1.29 is 13.2 Å². The molecule has 0 unspecified atom stereocenters. The highest BCUT2D eigenvalue weighted by atomic mass is 32.2. The molecule has 2 heterocycles. The van der Waals surface area contributed by atoms with Gasteiger partial charge in [-0.1, -0.05) is 36.0 Å². The maximum absolute atomic E-state index is 12.5. The van der Waals surface area contributed by atoms with Gasteiger partial charge in [-0.15, -0.1) is 11.3 Å². The number of sulfonamides is 1. The first kappa shape index (κ1) is 22.4. The molecule has 7 nitrogen and oxygen atoms in total. The van der Waals surface area contributed by atoms with Crippen molar-refractivity contribution >= 4 is 55.6 Å². The van der Waals surface area contributed by atoms with Gasteiger partial charge in [0.05, 0.1) is 21.0 Å². The van der Waals surface area contributed by atoms with Crippen LogP contribution in [0.3, 0.4) is 0 Å². The van der Waals surface area contributed by atoms with Gasteiger partial charge in [-0.05, 0) is 41.8 Å². The van der Waals surface area contributed by atoms with Crippen molar-refractivity contribution in [3.63, 3.8) is 0 Å². The quantitative estimate of drug-likeness (QED) is 0.310. The number of para-hydroxylation sites is 1. The number of fused-ring (bicyclic) bond motifs is 1. The highest BCUT2D eigenvalue weighted by Crippen LogP contribution is 2.30. The zero-order valence-corrected chi connectivity index (χ0v) is 19.8. The van der Waals surface area contributed by atoms with Crippen LogP contribution in [-0.2, 0) is 14.8 Å². The summed E-state index contributed by atoms with van der Waals surface area (Å²) in [6, 6.07) is 17.7. The van der Waals surface area contributed by atoms with Crippen LogP contribution in [0, 0.1) is 0 Å². The van der Waals surface area contributed by atoms with Crippen LogP contribution in [-0.4, -0.2) is 48.4 Å². The van der Waals surface area contributed by atoms with E-state index in [2.05, 4.69) is 15.3 Å². The second kappa shape index (κ2) is 9.37. The number of rotatable bonds is 7. The van der Waals surface area contributed by atoms with E-state index in [1.807, 2.05) is 41.8 Å². The fourth-order valence-electron chi connectivity index (χ4n) is 2.93. The molecule has 0 aliphatic rings. The van der Waals surface area contributed by atoms with E-state index >= 15 is 0 Å². The third kappa shape index (κ3) is 4.83. The van der Waals surface area contributed by atoms with Crippen LogP contribution in [0.1, 0.15) is 0 Å². The standard InChI is InChI=1S/C22H20N4O3S3/c1-26(2)32(28,29)16-11-9-15(10-12-16)23-20(27)14-31-22-17-6-3-4-7-18(17)24-21(25-22)19-8-5-13-30-19/h3-13H,14H2,1-2H3,(H,23,27). The molecule has 0 saturated heterocycles. The van der Waals surface area contributed by atoms with E-state index in [-0.39, 0.29) is 16.6 Å². The molecule has 0 aliphatic heterocycles. The van der Waals surface area contributed by atoms with Crippen molar-refractivity contribution in [2.75, 3.05) is 25.2 Å². The Balaban J connectivity index is 1.48. The lowest BCUT2D eigenvalue weighted by atomic mass is 10.2. The summed E-state index contributed by atoms with van der Waals surface area (Å²) < 4.78 is 25.5. The summed E-state index contributed by atoms with van der Waals surface area (Å²) in [4.78, 5) is 23.0. The van der Waals surface area contributed by atoms with Gasteiger partial charge >= 0.3 is 0 Å². The highest BCUT2D eigenvalue weighted by Gasteiger charge is 2.17. The van der Waals surface area contributed by atoms with Crippen LogP contribution in [0.4, 0.5) is 5.69 Å². The van der Waals surface area contributed by atoms with Gasteiger partial charge in [0.15, 0.2) is 5.82 Å². The molecule has 0 spiro atoms. The van der Waals surface area contributed by atoms with E-state index < -0.39 is 10.0 Å². The Bertz CT molecular complexity index is 1350. The van der Waals surface area contributed by atoms with Gasteiger partial charge in [-0.2, -0.15) is 0 Å². The maximum Gasteiger partial charge on any atom is 0.242 e. The second-order valence-electron chi connectivity index (χ2n) is 7.00. The fourth-order valence-corrected chi connectivity index (χ4v) is 5.30. The SMILES string of the molecule is CN(C)S(=O)(=O)c1ccc(NC(=O)CSc2nc(-c3cccs3)nc3ccccc23)cc1. The van der Waals surface area contributed by atoms with E-state index in [4.69, 9.17) is 0 Å². The first-order valence-electron chi connectivity index (χ1n) is 9.60. The number of carbonyl (C=O) groups is 1. The minimum absolute atomic E-state index is 0.155. The van der Waals surface area contributed by atoms with E-state index in [9.17, 15) is 13.2 Å². The van der Waals surface area contributed by atoms with Gasteiger partial charge in [-0.25, -0.2) is 22.7 Å². The van der Waals surface area contributed by atoms with Crippen molar-refractivity contribution in [1.29, 1.82) is 0 Å². The second-order valence-corrected chi connectivity index (χ2v) is 11.1. The molecule has 32 heavy (non-hydrogen) atoms. The summed E-state index contributed by atoms with van der Waals surface area (Å²) in [5.74, 6) is 0.584. The molecule has 164 valence electrons. The number of amides is 1. The first-order chi connectivity index (χ1) is 15.3. The molecule has 0 atom stereocenters. The Morgan fingerprint density at radius 3 is 2.47 bits per heavy atom. The van der Waals surface area contributed by atoms with Crippen molar-refractivity contribution in [2.24, 2.45) is 0 Å². The molecule has 4 rings (SSSR count). The molecule has 0 aliphatic carbocycles. The molecule has 1 N–H and O–H groups in total. The predicted molar refractivity (Wildman–Crippen MR) is 130 cm³/mol. The molecule has 0 bridgehead atoms. The molecule has 0 saturated carbocycles.